The van der Waals surface area contributed by atoms with E-state index in [1.807, 2.05) is 23.7 Å². The smallest absolute Gasteiger partial charge is 0.408 e. The predicted molar refractivity (Wildman–Crippen MR) is 68.6 cm³/mol. The first-order valence-electron chi connectivity index (χ1n) is 6.12. The van der Waals surface area contributed by atoms with Gasteiger partial charge in [-0.25, -0.2) is 15.1 Å². The van der Waals surface area contributed by atoms with Gasteiger partial charge in [0, 0.05) is 0 Å². The molecule has 2 N–H and O–H groups in total. The number of methoxy groups -OCH3 is 1. The van der Waals surface area contributed by atoms with Crippen LogP contribution >= 0.6 is 0 Å². The van der Waals surface area contributed by atoms with E-state index in [4.69, 9.17) is 9.57 Å². The number of esters is 1. The minimum absolute atomic E-state index is 0.0464. The first-order valence-corrected chi connectivity index (χ1v) is 6.12. The normalized spacial score (nSPS) is 20.5. The van der Waals surface area contributed by atoms with Crippen LogP contribution in [0.2, 0.25) is 0 Å². The Balaban J connectivity index is 1.89. The molecular weight excluding hydrogens is 280 g/mol. The van der Waals surface area contributed by atoms with Gasteiger partial charge in [0.05, 0.1) is 7.11 Å². The highest BCUT2D eigenvalue weighted by Gasteiger charge is 2.43. The molecule has 0 aromatic heterocycles. The lowest BCUT2D eigenvalue weighted by Crippen LogP contribution is -2.48. The van der Waals surface area contributed by atoms with Gasteiger partial charge in [-0.3, -0.25) is 9.63 Å². The molecule has 0 bridgehead atoms. The second-order valence-electron chi connectivity index (χ2n) is 4.21. The minimum Gasteiger partial charge on any atom is -0.467 e. The number of carbonyl (C=O) groups is 3. The molecule has 8 nitrogen and oxygen atoms in total. The molecule has 1 aromatic carbocycles. The van der Waals surface area contributed by atoms with E-state index in [0.717, 1.165) is 12.7 Å². The summed E-state index contributed by atoms with van der Waals surface area (Å²) < 4.78 is 9.44. The Morgan fingerprint density at radius 3 is 2.71 bits per heavy atom. The topological polar surface area (TPSA) is 103 Å². The van der Waals surface area contributed by atoms with Crippen LogP contribution in [0.25, 0.3) is 0 Å². The molecule has 21 heavy (non-hydrogen) atoms. The third kappa shape index (κ3) is 3.69. The van der Waals surface area contributed by atoms with E-state index in [9.17, 15) is 14.4 Å². The Labute approximate surface area is 120 Å². The molecule has 0 spiro atoms. The number of hydrogen-bond acceptors (Lipinski definition) is 6. The molecule has 0 radical (unpaired) electrons. The van der Waals surface area contributed by atoms with Crippen molar-refractivity contribution in [2.45, 2.75) is 18.8 Å². The van der Waals surface area contributed by atoms with E-state index in [2.05, 4.69) is 10.1 Å². The van der Waals surface area contributed by atoms with Gasteiger partial charge in [0.15, 0.2) is 6.04 Å². The summed E-state index contributed by atoms with van der Waals surface area (Å²) in [7, 11) is 1.15. The third-order valence-electron chi connectivity index (χ3n) is 2.79. The third-order valence-corrected chi connectivity index (χ3v) is 2.79. The summed E-state index contributed by atoms with van der Waals surface area (Å²) in [6.45, 7) is 0.0464. The molecule has 2 atom stereocenters. The number of nitrogens with one attached hydrogen (secondary N) is 2. The molecular formula is C13H14N2O6. The summed E-state index contributed by atoms with van der Waals surface area (Å²) in [5.41, 5.74) is 2.80. The van der Waals surface area contributed by atoms with Crippen molar-refractivity contribution in [3.8, 4) is 0 Å². The highest BCUT2D eigenvalue weighted by molar-refractivity contribution is 5.93. The number of hydrogen-bond donors (Lipinski definition) is 2. The van der Waals surface area contributed by atoms with Gasteiger partial charge >= 0.3 is 12.1 Å². The number of amides is 2. The number of rotatable bonds is 4. The van der Waals surface area contributed by atoms with E-state index in [0.29, 0.717) is 0 Å². The van der Waals surface area contributed by atoms with Gasteiger partial charge in [-0.2, -0.15) is 0 Å². The van der Waals surface area contributed by atoms with Crippen LogP contribution in [0, 0.1) is 0 Å². The first kappa shape index (κ1) is 14.8. The van der Waals surface area contributed by atoms with Crippen molar-refractivity contribution < 1.29 is 28.7 Å². The lowest BCUT2D eigenvalue weighted by atomic mass is 10.1. The van der Waals surface area contributed by atoms with Crippen LogP contribution in [-0.4, -0.2) is 37.2 Å². The lowest BCUT2D eigenvalue weighted by molar-refractivity contribution is -0.154. The number of hydroxylamine groups is 1. The fraction of sp³-hybridized carbons (Fsp3) is 0.308. The zero-order chi connectivity index (χ0) is 15.2. The van der Waals surface area contributed by atoms with Gasteiger partial charge in [-0.15, -0.1) is 0 Å². The van der Waals surface area contributed by atoms with Gasteiger partial charge in [0.25, 0.3) is 5.91 Å². The number of benzene rings is 1. The van der Waals surface area contributed by atoms with E-state index in [1.165, 1.54) is 0 Å². The molecule has 1 aromatic rings. The standard InChI is InChI=1S/C13H14N2O6/c1-19-12(17)10-9(11(16)15-21-10)14-13(18)20-7-8-5-3-2-4-6-8/h2-6,9-10H,7H2,1H3,(H,14,18)(H,15,16)/t9-,10-/m0/s1. The molecule has 1 aliphatic rings. The van der Waals surface area contributed by atoms with Crippen molar-refractivity contribution in [1.82, 2.24) is 10.8 Å². The second-order valence-corrected chi connectivity index (χ2v) is 4.21. The molecule has 8 heteroatoms. The van der Waals surface area contributed by atoms with Crippen molar-refractivity contribution in [1.29, 1.82) is 0 Å². The molecule has 1 fully saturated rings. The average molecular weight is 294 g/mol. The Morgan fingerprint density at radius 1 is 1.33 bits per heavy atom. The summed E-state index contributed by atoms with van der Waals surface area (Å²) >= 11 is 0. The maximum atomic E-state index is 11.7. The molecule has 0 saturated carbocycles. The Kier molecular flexibility index (Phi) is 4.72. The molecule has 2 rings (SSSR count). The highest BCUT2D eigenvalue weighted by Crippen LogP contribution is 2.09. The van der Waals surface area contributed by atoms with Gasteiger partial charge in [0.1, 0.15) is 6.61 Å². The number of alkyl carbamates (subject to hydrolysis) is 1. The van der Waals surface area contributed by atoms with Gasteiger partial charge in [-0.1, -0.05) is 30.3 Å². The van der Waals surface area contributed by atoms with Gasteiger partial charge in [0.2, 0.25) is 6.10 Å². The highest BCUT2D eigenvalue weighted by atomic mass is 16.7. The van der Waals surface area contributed by atoms with E-state index in [1.54, 1.807) is 12.1 Å². The predicted octanol–water partition coefficient (Wildman–Crippen LogP) is -0.116. The van der Waals surface area contributed by atoms with Crippen molar-refractivity contribution >= 4 is 18.0 Å². The first-order chi connectivity index (χ1) is 10.1. The maximum absolute atomic E-state index is 11.7. The molecule has 2 amide bonds. The summed E-state index contributed by atoms with van der Waals surface area (Å²) in [6, 6.07) is 7.83. The quantitative estimate of drug-likeness (QED) is 0.751. The van der Waals surface area contributed by atoms with Gasteiger partial charge < -0.3 is 14.8 Å². The summed E-state index contributed by atoms with van der Waals surface area (Å²) in [5, 5.41) is 2.27. The van der Waals surface area contributed by atoms with Crippen molar-refractivity contribution in [3.05, 3.63) is 35.9 Å². The van der Waals surface area contributed by atoms with Crippen LogP contribution in [-0.2, 0) is 30.5 Å². The molecule has 1 aliphatic heterocycles. The fourth-order valence-corrected chi connectivity index (χ4v) is 1.72. The van der Waals surface area contributed by atoms with Crippen LogP contribution in [0.1, 0.15) is 5.56 Å². The molecule has 1 heterocycles. The largest absolute Gasteiger partial charge is 0.467 e. The lowest BCUT2D eigenvalue weighted by Gasteiger charge is -2.14. The summed E-state index contributed by atoms with van der Waals surface area (Å²) in [6.07, 6.45) is -2.08. The minimum atomic E-state index is -1.24. The monoisotopic (exact) mass is 294 g/mol. The van der Waals surface area contributed by atoms with Crippen LogP contribution in [0.4, 0.5) is 4.79 Å². The Bertz CT molecular complexity index is 533. The summed E-state index contributed by atoms with van der Waals surface area (Å²) in [5.74, 6) is -1.43. The van der Waals surface area contributed by atoms with Gasteiger partial charge in [-0.05, 0) is 5.56 Å². The van der Waals surface area contributed by atoms with Crippen LogP contribution < -0.4 is 10.8 Å². The van der Waals surface area contributed by atoms with Crippen molar-refractivity contribution in [2.75, 3.05) is 7.11 Å². The van der Waals surface area contributed by atoms with Crippen LogP contribution in [0.5, 0.6) is 0 Å². The van der Waals surface area contributed by atoms with E-state index in [-0.39, 0.29) is 6.61 Å². The van der Waals surface area contributed by atoms with E-state index < -0.39 is 30.1 Å². The van der Waals surface area contributed by atoms with Crippen LogP contribution in [0.3, 0.4) is 0 Å². The zero-order valence-electron chi connectivity index (χ0n) is 11.2. The zero-order valence-corrected chi connectivity index (χ0v) is 11.2. The number of ether oxygens (including phenoxy) is 2. The summed E-state index contributed by atoms with van der Waals surface area (Å²) in [4.78, 5) is 39.3. The SMILES string of the molecule is COC(=O)[C@H]1ONC(=O)[C@H]1NC(=O)OCc1ccccc1. The molecule has 0 aliphatic carbocycles. The molecule has 0 unspecified atom stereocenters. The van der Waals surface area contributed by atoms with Crippen molar-refractivity contribution in [3.63, 3.8) is 0 Å². The Hall–Kier alpha value is -2.61. The maximum Gasteiger partial charge on any atom is 0.408 e. The second kappa shape index (κ2) is 6.71. The van der Waals surface area contributed by atoms with Crippen molar-refractivity contribution in [2.24, 2.45) is 0 Å². The van der Waals surface area contributed by atoms with E-state index >= 15 is 0 Å². The molecule has 1 saturated heterocycles. The number of carbonyl (C=O) groups excluding carboxylic acids is 3. The fourth-order valence-electron chi connectivity index (χ4n) is 1.72. The molecule has 112 valence electrons. The van der Waals surface area contributed by atoms with Crippen LogP contribution in [0.15, 0.2) is 30.3 Å². The Morgan fingerprint density at radius 2 is 2.05 bits per heavy atom. The average Bonchev–Trinajstić information content (AvgIpc) is 2.86.